The molecule has 0 aliphatic rings. The Labute approximate surface area is 137 Å². The van der Waals surface area contributed by atoms with Gasteiger partial charge >= 0.3 is 0 Å². The van der Waals surface area contributed by atoms with E-state index in [4.69, 9.17) is 0 Å². The van der Waals surface area contributed by atoms with Gasteiger partial charge in [-0.15, -0.1) is 0 Å². The third-order valence-electron chi connectivity index (χ3n) is 3.13. The molecule has 1 N–H and O–H groups in total. The Hall–Kier alpha value is -1.03. The monoisotopic (exact) mass is 354 g/mol. The molecule has 0 atom stereocenters. The van der Waals surface area contributed by atoms with Crippen molar-refractivity contribution in [2.75, 3.05) is 23.3 Å². The van der Waals surface area contributed by atoms with E-state index >= 15 is 0 Å². The lowest BCUT2D eigenvalue weighted by Gasteiger charge is -2.28. The fourth-order valence-electron chi connectivity index (χ4n) is 2.34. The maximum absolute atomic E-state index is 11.9. The summed E-state index contributed by atoms with van der Waals surface area (Å²) in [5.41, 5.74) is 2.01. The molecule has 118 valence electrons. The zero-order chi connectivity index (χ0) is 15.8. The molecule has 0 saturated carbocycles. The lowest BCUT2D eigenvalue weighted by Crippen LogP contribution is -2.29. The zero-order valence-corrected chi connectivity index (χ0v) is 15.2. The predicted octanol–water partition coefficient (Wildman–Crippen LogP) is 5.06. The minimum absolute atomic E-state index is 0.0813. The van der Waals surface area contributed by atoms with Crippen LogP contribution in [0, 0.1) is 5.92 Å². The molecule has 0 bridgehead atoms. The summed E-state index contributed by atoms with van der Waals surface area (Å²) in [6.45, 7) is 10.6. The number of rotatable bonds is 8. The van der Waals surface area contributed by atoms with Crippen LogP contribution < -0.4 is 10.2 Å². The normalized spacial score (nSPS) is 10.8. The molecule has 21 heavy (non-hydrogen) atoms. The molecule has 0 fully saturated rings. The molecule has 1 aromatic carbocycles. The van der Waals surface area contributed by atoms with Crippen molar-refractivity contribution in [3.8, 4) is 0 Å². The van der Waals surface area contributed by atoms with Crippen LogP contribution in [0.1, 0.15) is 47.0 Å². The topological polar surface area (TPSA) is 32.3 Å². The molecule has 0 radical (unpaired) electrons. The van der Waals surface area contributed by atoms with Gasteiger partial charge in [0.15, 0.2) is 0 Å². The Kier molecular flexibility index (Phi) is 7.79. The Morgan fingerprint density at radius 3 is 2.57 bits per heavy atom. The van der Waals surface area contributed by atoms with E-state index in [0.717, 1.165) is 41.8 Å². The Balaban J connectivity index is 3.04. The van der Waals surface area contributed by atoms with Crippen molar-refractivity contribution in [3.05, 3.63) is 22.7 Å². The minimum Gasteiger partial charge on any atom is -0.370 e. The largest absolute Gasteiger partial charge is 0.370 e. The van der Waals surface area contributed by atoms with E-state index in [2.05, 4.69) is 53.0 Å². The number of nitrogens with one attached hydrogen (secondary N) is 1. The van der Waals surface area contributed by atoms with E-state index in [1.54, 1.807) is 0 Å². The Morgan fingerprint density at radius 2 is 2.00 bits per heavy atom. The number of amides is 1. The number of hydrogen-bond donors (Lipinski definition) is 1. The highest BCUT2D eigenvalue weighted by molar-refractivity contribution is 9.10. The van der Waals surface area contributed by atoms with E-state index in [1.165, 1.54) is 0 Å². The fourth-order valence-corrected chi connectivity index (χ4v) is 2.71. The number of benzene rings is 1. The quantitative estimate of drug-likeness (QED) is 0.707. The summed E-state index contributed by atoms with van der Waals surface area (Å²) in [5, 5.41) is 3.05. The highest BCUT2D eigenvalue weighted by Gasteiger charge is 2.14. The number of carbonyl (C=O) groups excluding carboxylic acids is 1. The average Bonchev–Trinajstić information content (AvgIpc) is 2.38. The van der Waals surface area contributed by atoms with Gasteiger partial charge < -0.3 is 10.2 Å². The van der Waals surface area contributed by atoms with E-state index in [9.17, 15) is 4.79 Å². The molecule has 3 nitrogen and oxygen atoms in total. The molecular formula is C17H27BrN2O. The number of halogens is 1. The van der Waals surface area contributed by atoms with Gasteiger partial charge in [0.25, 0.3) is 0 Å². The standard InChI is InChI=1S/C17H27BrN2O/c1-5-7-17(21)19-15-11-14(18)8-9-16(15)20(10-6-2)12-13(3)4/h8-9,11,13H,5-7,10,12H2,1-4H3,(H,19,21). The van der Waals surface area contributed by atoms with Gasteiger partial charge in [-0.1, -0.05) is 43.6 Å². The molecule has 0 heterocycles. The fraction of sp³-hybridized carbons (Fsp3) is 0.588. The summed E-state index contributed by atoms with van der Waals surface area (Å²) in [6.07, 6.45) is 2.51. The number of anilines is 2. The van der Waals surface area contributed by atoms with Crippen LogP contribution in [0.3, 0.4) is 0 Å². The van der Waals surface area contributed by atoms with Gasteiger partial charge in [-0.05, 0) is 37.0 Å². The molecule has 0 saturated heterocycles. The van der Waals surface area contributed by atoms with Gasteiger partial charge in [0.2, 0.25) is 5.91 Å². The molecule has 0 spiro atoms. The summed E-state index contributed by atoms with van der Waals surface area (Å²) in [5.74, 6) is 0.664. The predicted molar refractivity (Wildman–Crippen MR) is 95.0 cm³/mol. The van der Waals surface area contributed by atoms with Crippen molar-refractivity contribution < 1.29 is 4.79 Å². The van der Waals surface area contributed by atoms with Crippen LogP contribution in [0.25, 0.3) is 0 Å². The number of nitrogens with zero attached hydrogens (tertiary/aromatic N) is 1. The van der Waals surface area contributed by atoms with Crippen LogP contribution >= 0.6 is 15.9 Å². The molecular weight excluding hydrogens is 328 g/mol. The van der Waals surface area contributed by atoms with Gasteiger partial charge in [0.05, 0.1) is 11.4 Å². The lowest BCUT2D eigenvalue weighted by atomic mass is 10.1. The first-order valence-electron chi connectivity index (χ1n) is 7.82. The Bertz CT molecular complexity index is 460. The van der Waals surface area contributed by atoms with Crippen LogP contribution in [-0.2, 0) is 4.79 Å². The van der Waals surface area contributed by atoms with Crippen molar-refractivity contribution in [1.29, 1.82) is 0 Å². The van der Waals surface area contributed by atoms with Gasteiger partial charge in [-0.2, -0.15) is 0 Å². The zero-order valence-electron chi connectivity index (χ0n) is 13.6. The minimum atomic E-state index is 0.0813. The van der Waals surface area contributed by atoms with Crippen molar-refractivity contribution in [2.24, 2.45) is 5.92 Å². The first-order valence-corrected chi connectivity index (χ1v) is 8.61. The molecule has 0 aliphatic heterocycles. The van der Waals surface area contributed by atoms with E-state index in [1.807, 2.05) is 19.1 Å². The molecule has 1 rings (SSSR count). The van der Waals surface area contributed by atoms with Gasteiger partial charge in [0.1, 0.15) is 0 Å². The molecule has 4 heteroatoms. The highest BCUT2D eigenvalue weighted by atomic mass is 79.9. The third kappa shape index (κ3) is 6.08. The summed E-state index contributed by atoms with van der Waals surface area (Å²) in [4.78, 5) is 14.3. The smallest absolute Gasteiger partial charge is 0.224 e. The van der Waals surface area contributed by atoms with Crippen molar-refractivity contribution in [1.82, 2.24) is 0 Å². The first-order chi connectivity index (χ1) is 9.97. The molecule has 0 aromatic heterocycles. The van der Waals surface area contributed by atoms with Crippen LogP contribution in [0.2, 0.25) is 0 Å². The van der Waals surface area contributed by atoms with Crippen molar-refractivity contribution in [3.63, 3.8) is 0 Å². The average molecular weight is 355 g/mol. The summed E-state index contributed by atoms with van der Waals surface area (Å²) < 4.78 is 0.985. The van der Waals surface area contributed by atoms with E-state index in [0.29, 0.717) is 12.3 Å². The SMILES string of the molecule is CCCC(=O)Nc1cc(Br)ccc1N(CCC)CC(C)C. The second kappa shape index (κ2) is 9.08. The summed E-state index contributed by atoms with van der Waals surface area (Å²) in [7, 11) is 0. The number of carbonyl (C=O) groups is 1. The maximum Gasteiger partial charge on any atom is 0.224 e. The lowest BCUT2D eigenvalue weighted by molar-refractivity contribution is -0.116. The second-order valence-electron chi connectivity index (χ2n) is 5.80. The molecule has 0 aliphatic carbocycles. The van der Waals surface area contributed by atoms with Crippen LogP contribution in [0.15, 0.2) is 22.7 Å². The highest BCUT2D eigenvalue weighted by Crippen LogP contribution is 2.30. The second-order valence-corrected chi connectivity index (χ2v) is 6.72. The molecule has 0 unspecified atom stereocenters. The summed E-state index contributed by atoms with van der Waals surface area (Å²) in [6, 6.07) is 6.11. The molecule has 1 aromatic rings. The molecule has 1 amide bonds. The van der Waals surface area contributed by atoms with E-state index < -0.39 is 0 Å². The van der Waals surface area contributed by atoms with Crippen LogP contribution in [0.5, 0.6) is 0 Å². The van der Waals surface area contributed by atoms with Crippen molar-refractivity contribution in [2.45, 2.75) is 47.0 Å². The van der Waals surface area contributed by atoms with Crippen LogP contribution in [0.4, 0.5) is 11.4 Å². The van der Waals surface area contributed by atoms with Gasteiger partial charge in [0, 0.05) is 24.0 Å². The summed E-state index contributed by atoms with van der Waals surface area (Å²) >= 11 is 3.49. The Morgan fingerprint density at radius 1 is 1.29 bits per heavy atom. The first kappa shape index (κ1) is 18.0. The van der Waals surface area contributed by atoms with Gasteiger partial charge in [-0.25, -0.2) is 0 Å². The van der Waals surface area contributed by atoms with Gasteiger partial charge in [-0.3, -0.25) is 4.79 Å². The number of hydrogen-bond acceptors (Lipinski definition) is 2. The van der Waals surface area contributed by atoms with E-state index in [-0.39, 0.29) is 5.91 Å². The maximum atomic E-state index is 11.9. The van der Waals surface area contributed by atoms with Crippen molar-refractivity contribution >= 4 is 33.2 Å². The third-order valence-corrected chi connectivity index (χ3v) is 3.62. The van der Waals surface area contributed by atoms with Crippen LogP contribution in [-0.4, -0.2) is 19.0 Å².